The van der Waals surface area contributed by atoms with Gasteiger partial charge in [0.05, 0.1) is 0 Å². The maximum Gasteiger partial charge on any atom is 0.229 e. The van der Waals surface area contributed by atoms with Crippen molar-refractivity contribution in [3.05, 3.63) is 69.1 Å². The number of aromatic amines is 4. The van der Waals surface area contributed by atoms with Gasteiger partial charge in [0.2, 0.25) is 27.5 Å². The number of hydrogen-bond donors (Lipinski definition) is 5. The lowest BCUT2D eigenvalue weighted by molar-refractivity contribution is -0.115. The van der Waals surface area contributed by atoms with Gasteiger partial charge in [0.15, 0.2) is 5.78 Å². The molecule has 6 heterocycles. The molecule has 6 rings (SSSR count). The summed E-state index contributed by atoms with van der Waals surface area (Å²) in [6.45, 7) is 6.42. The predicted octanol–water partition coefficient (Wildman–Crippen LogP) is 0.811. The number of Topliss-reactive ketones (excluding diaryl/α,β-unsaturated/α-hetero) is 2. The Hall–Kier alpha value is -4.87. The maximum absolute atomic E-state index is 13.4. The summed E-state index contributed by atoms with van der Waals surface area (Å²) in [5.41, 5.74) is -2.62. The van der Waals surface area contributed by atoms with Crippen LogP contribution < -0.4 is 27.0 Å². The summed E-state index contributed by atoms with van der Waals surface area (Å²) in [5.74, 6) is -1.08. The van der Waals surface area contributed by atoms with Gasteiger partial charge in [0.25, 0.3) is 0 Å². The van der Waals surface area contributed by atoms with Gasteiger partial charge < -0.3 is 25.3 Å². The smallest absolute Gasteiger partial charge is 0.229 e. The molecular formula is C24H18N6O6. The van der Waals surface area contributed by atoms with E-state index in [9.17, 15) is 28.8 Å². The summed E-state index contributed by atoms with van der Waals surface area (Å²) in [6.07, 6.45) is 0. The number of aromatic nitrogens is 4. The molecule has 2 aliphatic rings. The van der Waals surface area contributed by atoms with Crippen LogP contribution in [0.25, 0.3) is 33.1 Å². The molecule has 0 bridgehead atoms. The van der Waals surface area contributed by atoms with Crippen molar-refractivity contribution in [3.8, 4) is 0 Å². The average Bonchev–Trinajstić information content (AvgIpc) is 2.85. The number of carbonyl (C=O) groups excluding carboxylic acids is 2. The van der Waals surface area contributed by atoms with E-state index in [1.807, 2.05) is 0 Å². The number of anilines is 1. The van der Waals surface area contributed by atoms with Gasteiger partial charge in [0, 0.05) is 22.5 Å². The van der Waals surface area contributed by atoms with Crippen LogP contribution >= 0.6 is 0 Å². The summed E-state index contributed by atoms with van der Waals surface area (Å²) in [7, 11) is 0. The van der Waals surface area contributed by atoms with Crippen LogP contribution in [0.4, 0.5) is 5.69 Å². The zero-order valence-electron chi connectivity index (χ0n) is 19.5. The zero-order valence-corrected chi connectivity index (χ0v) is 19.5. The van der Waals surface area contributed by atoms with Crippen LogP contribution in [-0.4, -0.2) is 43.3 Å². The van der Waals surface area contributed by atoms with Gasteiger partial charge in [0.1, 0.15) is 56.2 Å². The van der Waals surface area contributed by atoms with Gasteiger partial charge >= 0.3 is 0 Å². The zero-order chi connectivity index (χ0) is 25.8. The van der Waals surface area contributed by atoms with Gasteiger partial charge in [-0.05, 0) is 27.7 Å². The van der Waals surface area contributed by atoms with E-state index in [1.54, 1.807) is 27.7 Å². The topological polar surface area (TPSA) is 190 Å². The fourth-order valence-electron chi connectivity index (χ4n) is 4.71. The highest BCUT2D eigenvalue weighted by Gasteiger charge is 2.41. The average molecular weight is 486 g/mol. The van der Waals surface area contributed by atoms with Crippen molar-refractivity contribution in [2.24, 2.45) is 4.99 Å². The SMILES string of the molecule is CC1=C(C)C(=O)C2Nc3c([nH]c4c(=O)c5[nH]c6c(=O)c(C)c(C)[nH]c6c(=O)c5[nH]c4c3=O)C(=O)C2=N1. The maximum atomic E-state index is 13.4. The molecule has 12 nitrogen and oxygen atoms in total. The summed E-state index contributed by atoms with van der Waals surface area (Å²) in [5, 5.41) is 2.79. The Morgan fingerprint density at radius 1 is 0.639 bits per heavy atom. The highest BCUT2D eigenvalue weighted by Crippen LogP contribution is 2.27. The fraction of sp³-hybridized carbons (Fsp3) is 0.208. The third-order valence-electron chi connectivity index (χ3n) is 7.04. The van der Waals surface area contributed by atoms with Crippen LogP contribution in [0.1, 0.15) is 35.6 Å². The monoisotopic (exact) mass is 486 g/mol. The van der Waals surface area contributed by atoms with Crippen molar-refractivity contribution < 1.29 is 9.59 Å². The van der Waals surface area contributed by atoms with E-state index in [0.717, 1.165) is 0 Å². The number of carbonyl (C=O) groups is 2. The van der Waals surface area contributed by atoms with Crippen molar-refractivity contribution in [1.82, 2.24) is 19.9 Å². The fourth-order valence-corrected chi connectivity index (χ4v) is 4.71. The molecule has 1 unspecified atom stereocenters. The summed E-state index contributed by atoms with van der Waals surface area (Å²) >= 11 is 0. The van der Waals surface area contributed by atoms with E-state index in [2.05, 4.69) is 30.2 Å². The number of allylic oxidation sites excluding steroid dienone is 1. The molecule has 36 heavy (non-hydrogen) atoms. The molecule has 4 aromatic rings. The molecule has 180 valence electrons. The number of pyridine rings is 4. The van der Waals surface area contributed by atoms with Crippen molar-refractivity contribution >= 4 is 56.1 Å². The quantitative estimate of drug-likeness (QED) is 0.227. The highest BCUT2D eigenvalue weighted by molar-refractivity contribution is 6.54. The Morgan fingerprint density at radius 2 is 1.17 bits per heavy atom. The third-order valence-corrected chi connectivity index (χ3v) is 7.04. The Labute approximate surface area is 199 Å². The number of hydrogen-bond acceptors (Lipinski definition) is 8. The van der Waals surface area contributed by atoms with E-state index in [-0.39, 0.29) is 56.0 Å². The van der Waals surface area contributed by atoms with Gasteiger partial charge in [-0.25, -0.2) is 0 Å². The van der Waals surface area contributed by atoms with E-state index in [1.165, 1.54) is 0 Å². The van der Waals surface area contributed by atoms with E-state index in [0.29, 0.717) is 22.5 Å². The van der Waals surface area contributed by atoms with E-state index in [4.69, 9.17) is 0 Å². The van der Waals surface area contributed by atoms with Gasteiger partial charge in [-0.2, -0.15) is 0 Å². The summed E-state index contributed by atoms with van der Waals surface area (Å²) < 4.78 is 0. The Kier molecular flexibility index (Phi) is 4.11. The normalized spacial score (nSPS) is 17.4. The first-order valence-electron chi connectivity index (χ1n) is 11.0. The number of nitrogens with one attached hydrogen (secondary N) is 5. The second kappa shape index (κ2) is 6.84. The first kappa shape index (κ1) is 21.6. The largest absolute Gasteiger partial charge is 0.365 e. The molecule has 0 fully saturated rings. The molecule has 0 spiro atoms. The van der Waals surface area contributed by atoms with E-state index < -0.39 is 33.5 Å². The molecule has 0 aliphatic carbocycles. The molecule has 0 amide bonds. The molecule has 0 radical (unpaired) electrons. The number of aliphatic imine (C=N–C) groups is 1. The number of fused-ring (bicyclic) bond motifs is 5. The second-order valence-electron chi connectivity index (χ2n) is 9.04. The Balaban J connectivity index is 1.73. The van der Waals surface area contributed by atoms with Crippen LogP contribution in [0.2, 0.25) is 0 Å². The van der Waals surface area contributed by atoms with Crippen LogP contribution in [0, 0.1) is 13.8 Å². The number of rotatable bonds is 0. The minimum absolute atomic E-state index is 0.0421. The van der Waals surface area contributed by atoms with Crippen LogP contribution in [0.5, 0.6) is 0 Å². The van der Waals surface area contributed by atoms with Crippen molar-refractivity contribution in [2.45, 2.75) is 33.7 Å². The van der Waals surface area contributed by atoms with Crippen molar-refractivity contribution in [2.75, 3.05) is 5.32 Å². The molecule has 2 aliphatic heterocycles. The van der Waals surface area contributed by atoms with Crippen molar-refractivity contribution in [1.29, 1.82) is 0 Å². The lowest BCUT2D eigenvalue weighted by Gasteiger charge is -2.29. The number of H-pyrrole nitrogens is 4. The Morgan fingerprint density at radius 3 is 1.81 bits per heavy atom. The molecule has 0 saturated carbocycles. The minimum atomic E-state index is -1.14. The first-order chi connectivity index (χ1) is 17.0. The van der Waals surface area contributed by atoms with Crippen LogP contribution in [0.3, 0.4) is 0 Å². The highest BCUT2D eigenvalue weighted by atomic mass is 16.2. The van der Waals surface area contributed by atoms with Crippen molar-refractivity contribution in [3.63, 3.8) is 0 Å². The van der Waals surface area contributed by atoms with Crippen LogP contribution in [-0.2, 0) is 4.79 Å². The molecule has 0 saturated heterocycles. The second-order valence-corrected chi connectivity index (χ2v) is 9.04. The summed E-state index contributed by atoms with van der Waals surface area (Å²) in [4.78, 5) is 94.1. The number of nitrogens with zero attached hydrogens (tertiary/aromatic N) is 1. The predicted molar refractivity (Wildman–Crippen MR) is 133 cm³/mol. The van der Waals surface area contributed by atoms with Gasteiger partial charge in [-0.1, -0.05) is 0 Å². The molecule has 0 aromatic carbocycles. The number of aryl methyl sites for hydroxylation is 1. The lowest BCUT2D eigenvalue weighted by Crippen LogP contribution is -2.49. The minimum Gasteiger partial charge on any atom is -0.365 e. The molecule has 1 atom stereocenters. The van der Waals surface area contributed by atoms with Gasteiger partial charge in [-0.3, -0.25) is 33.8 Å². The van der Waals surface area contributed by atoms with Gasteiger partial charge in [-0.15, -0.1) is 0 Å². The van der Waals surface area contributed by atoms with E-state index >= 15 is 0 Å². The lowest BCUT2D eigenvalue weighted by atomic mass is 9.89. The number of ketones is 2. The summed E-state index contributed by atoms with van der Waals surface area (Å²) in [6, 6.07) is -1.14. The molecule has 4 aromatic heterocycles. The van der Waals surface area contributed by atoms with Crippen LogP contribution in [0.15, 0.2) is 35.4 Å². The third kappa shape index (κ3) is 2.55. The standard InChI is InChI=1S/C24H18N6O6/c1-5-7(3)25-11-9(19(5)31)27-15-13(21(11)33)29-18-17(23(15)35)30-14-16(24(18)36)28-10-12(22(14)34)26-8(4)6(2)20(10)32/h9,27H,1-4H3,(H,26,32)(H,28,34)(H,29,35)(H,30,36). The molecule has 12 heteroatoms. The molecular weight excluding hydrogens is 468 g/mol. The first-order valence-corrected chi connectivity index (χ1v) is 11.0. The Bertz CT molecular complexity index is 2090. The molecule has 5 N–H and O–H groups in total.